The van der Waals surface area contributed by atoms with Crippen molar-refractivity contribution in [1.29, 1.82) is 0 Å². The van der Waals surface area contributed by atoms with Crippen molar-refractivity contribution in [2.24, 2.45) is 0 Å². The molecule has 0 radical (unpaired) electrons. The van der Waals surface area contributed by atoms with Crippen LogP contribution in [0.3, 0.4) is 0 Å². The summed E-state index contributed by atoms with van der Waals surface area (Å²) >= 11 is 0. The lowest BCUT2D eigenvalue weighted by Crippen LogP contribution is -2.32. The Morgan fingerprint density at radius 2 is 0.938 bits per heavy atom. The van der Waals surface area contributed by atoms with E-state index in [1.165, 1.54) is 23.4 Å². The predicted octanol–water partition coefficient (Wildman–Crippen LogP) is 19.5. The quantitative estimate of drug-likeness (QED) is 0.135. The largest absolute Gasteiger partial charge is 0.321 e. The zero-order chi connectivity index (χ0) is 62.1. The first-order chi connectivity index (χ1) is 42.6. The first-order valence-corrected chi connectivity index (χ1v) is 27.8. The number of benzene rings is 10. The molecule has 81 heavy (non-hydrogen) atoms. The minimum absolute atomic E-state index is 0.0675. The minimum Gasteiger partial charge on any atom is -0.321 e. The summed E-state index contributed by atoms with van der Waals surface area (Å²) in [5.41, 5.74) is 13.6. The van der Waals surface area contributed by atoms with Gasteiger partial charge in [-0.2, -0.15) is 0 Å². The molecule has 3 aromatic heterocycles. The Hall–Kier alpha value is -9.45. The van der Waals surface area contributed by atoms with Crippen LogP contribution in [0.15, 0.2) is 255 Å². The Morgan fingerprint density at radius 3 is 1.53 bits per heavy atom. The van der Waals surface area contributed by atoms with Crippen molar-refractivity contribution in [3.8, 4) is 22.6 Å². The zero-order valence-electron chi connectivity index (χ0n) is 54.3. The molecular formula is C76H65N5. The van der Waals surface area contributed by atoms with Crippen molar-refractivity contribution in [2.75, 3.05) is 16.5 Å². The number of para-hydroxylation sites is 5. The van der Waals surface area contributed by atoms with E-state index >= 15 is 0 Å². The van der Waals surface area contributed by atoms with Gasteiger partial charge in [-0.3, -0.25) is 4.57 Å². The molecule has 0 atom stereocenters. The summed E-state index contributed by atoms with van der Waals surface area (Å²) in [7, 11) is 0. The van der Waals surface area contributed by atoms with Gasteiger partial charge in [-0.05, 0) is 135 Å². The van der Waals surface area contributed by atoms with Gasteiger partial charge in [0.25, 0.3) is 0 Å². The Bertz CT molecular complexity index is 4820. The Labute approximate surface area is 486 Å². The molecule has 0 N–H and O–H groups in total. The van der Waals surface area contributed by atoms with Crippen molar-refractivity contribution in [2.45, 2.75) is 64.6 Å². The molecule has 1 aliphatic rings. The fraction of sp³-hybridized carbons (Fsp3) is 0.145. The normalized spacial score (nSPS) is 14.6. The van der Waals surface area contributed by atoms with Crippen LogP contribution in [0, 0.1) is 6.85 Å². The molecule has 13 aromatic rings. The number of fused-ring (bicyclic) bond motifs is 7. The summed E-state index contributed by atoms with van der Waals surface area (Å²) in [6, 6.07) is 74.6. The molecule has 1 aliphatic heterocycles. The molecule has 0 saturated carbocycles. The second-order valence-electron chi connectivity index (χ2n) is 23.5. The molecule has 5 nitrogen and oxygen atoms in total. The molecule has 5 heteroatoms. The van der Waals surface area contributed by atoms with Crippen LogP contribution in [-0.4, -0.2) is 20.8 Å². The summed E-state index contributed by atoms with van der Waals surface area (Å²) < 4.78 is 75.0. The topological polar surface area (TPSA) is 29.2 Å². The molecule has 0 bridgehead atoms. The van der Waals surface area contributed by atoms with Crippen LogP contribution in [0.25, 0.3) is 66.2 Å². The van der Waals surface area contributed by atoms with E-state index < -0.39 is 42.5 Å². The van der Waals surface area contributed by atoms with Gasteiger partial charge in [0.1, 0.15) is 12.5 Å². The van der Waals surface area contributed by atoms with Crippen LogP contribution >= 0.6 is 0 Å². The lowest BCUT2D eigenvalue weighted by molar-refractivity contribution is 0.568. The van der Waals surface area contributed by atoms with Gasteiger partial charge in [-0.25, -0.2) is 4.98 Å². The van der Waals surface area contributed by atoms with Gasteiger partial charge in [0, 0.05) is 48.8 Å². The lowest BCUT2D eigenvalue weighted by atomic mass is 9.65. The number of hydrogen-bond donors (Lipinski definition) is 0. The monoisotopic (exact) mass is 1060 g/mol. The SMILES string of the molecule is [2H]c1c([2H])c([2H])c(-c2cnc(-n3c4ccccc4c4c(-n5c6ccccc6c6ccccc65)cc(C(c5ccccc5)(c5ccccc5)c5cccc(N6CN(c7cc(C(C)(C)C)cc(C(C)(C)C)c7)c7ccccc76)c5)cc43)cc2C([2H])([2H])[2H])c([2H])c1[2H]. The maximum atomic E-state index is 9.05. The molecule has 0 fully saturated rings. The highest BCUT2D eigenvalue weighted by molar-refractivity contribution is 6.17. The zero-order valence-corrected chi connectivity index (χ0v) is 46.3. The number of aromatic nitrogens is 3. The third-order valence-corrected chi connectivity index (χ3v) is 16.6. The number of nitrogens with zero attached hydrogens (tertiary/aromatic N) is 5. The highest BCUT2D eigenvalue weighted by Crippen LogP contribution is 2.52. The third-order valence-electron chi connectivity index (χ3n) is 16.6. The third kappa shape index (κ3) is 8.16. The van der Waals surface area contributed by atoms with Crippen molar-refractivity contribution in [1.82, 2.24) is 14.1 Å². The molecule has 394 valence electrons. The van der Waals surface area contributed by atoms with Gasteiger partial charge < -0.3 is 14.4 Å². The Morgan fingerprint density at radius 1 is 0.420 bits per heavy atom. The van der Waals surface area contributed by atoms with Crippen LogP contribution in [-0.2, 0) is 16.2 Å². The highest BCUT2D eigenvalue weighted by atomic mass is 15.4. The Kier molecular flexibility index (Phi) is 9.82. The molecule has 14 rings (SSSR count). The first kappa shape index (κ1) is 41.6. The molecule has 0 spiro atoms. The van der Waals surface area contributed by atoms with E-state index in [9.17, 15) is 0 Å². The Balaban J connectivity index is 1.08. The molecular weight excluding hydrogens is 983 g/mol. The van der Waals surface area contributed by atoms with E-state index in [2.05, 4.69) is 250 Å². The summed E-state index contributed by atoms with van der Waals surface area (Å²) in [5.74, 6) is 0.274. The summed E-state index contributed by atoms with van der Waals surface area (Å²) in [6.07, 6.45) is 1.36. The van der Waals surface area contributed by atoms with Gasteiger partial charge >= 0.3 is 0 Å². The number of pyridine rings is 1. The number of rotatable bonds is 9. The molecule has 0 unspecified atom stereocenters. The van der Waals surface area contributed by atoms with Crippen molar-refractivity contribution in [3.05, 3.63) is 294 Å². The standard InChI is InChI=1S/C76H65N5/c1-51-42-72(77-49-64(51)52-26-11-8-12-27-52)81-67-39-22-19-36-63(67)73-70(80-65-37-20-17-34-61(65)62-35-18-21-38-66(62)80)47-58(48-71(73)81)76(53-28-13-9-14-29-53,54-30-15-10-16-31-54)55-32-25-33-59(44-55)78-50-79(69-41-24-23-40-68(69)78)60-45-56(74(2,3)4)43-57(46-60)75(5,6)7/h8-49H,50H2,1-7H3/i1D3,8D,11D,12D,26D,27D. The van der Waals surface area contributed by atoms with E-state index in [1.807, 2.05) is 22.8 Å². The van der Waals surface area contributed by atoms with Gasteiger partial charge in [-0.1, -0.05) is 217 Å². The molecule has 0 aliphatic carbocycles. The second kappa shape index (κ2) is 19.1. The van der Waals surface area contributed by atoms with Crippen molar-refractivity contribution in [3.63, 3.8) is 0 Å². The predicted molar refractivity (Wildman–Crippen MR) is 341 cm³/mol. The van der Waals surface area contributed by atoms with E-state index in [0.717, 1.165) is 94.3 Å². The first-order valence-electron chi connectivity index (χ1n) is 31.8. The molecule has 10 aromatic carbocycles. The maximum Gasteiger partial charge on any atom is 0.137 e. The van der Waals surface area contributed by atoms with Crippen molar-refractivity contribution >= 4 is 66.4 Å². The average Bonchev–Trinajstić information content (AvgIpc) is 1.65. The van der Waals surface area contributed by atoms with Crippen molar-refractivity contribution < 1.29 is 11.0 Å². The van der Waals surface area contributed by atoms with Crippen LogP contribution in [0.2, 0.25) is 0 Å². The smallest absolute Gasteiger partial charge is 0.137 e. The molecule has 0 amide bonds. The van der Waals surface area contributed by atoms with Gasteiger partial charge in [-0.15, -0.1) is 0 Å². The van der Waals surface area contributed by atoms with Crippen LogP contribution in [0.1, 0.15) is 91.5 Å². The number of anilines is 4. The van der Waals surface area contributed by atoms with Crippen LogP contribution < -0.4 is 9.80 Å². The van der Waals surface area contributed by atoms with Gasteiger partial charge in [0.15, 0.2) is 0 Å². The summed E-state index contributed by atoms with van der Waals surface area (Å²) in [4.78, 5) is 9.96. The fourth-order valence-corrected chi connectivity index (χ4v) is 12.6. The second-order valence-corrected chi connectivity index (χ2v) is 23.5. The molecule has 4 heterocycles. The maximum absolute atomic E-state index is 9.05. The van der Waals surface area contributed by atoms with Crippen LogP contribution in [0.4, 0.5) is 22.7 Å². The lowest BCUT2D eigenvalue weighted by Gasteiger charge is -2.38. The van der Waals surface area contributed by atoms with E-state index in [1.54, 1.807) is 0 Å². The van der Waals surface area contributed by atoms with E-state index in [0.29, 0.717) is 6.67 Å². The van der Waals surface area contributed by atoms with Gasteiger partial charge in [0.05, 0.1) is 51.4 Å². The van der Waals surface area contributed by atoms with E-state index in [4.69, 9.17) is 16.0 Å². The number of aryl methyl sites for hydroxylation is 1. The number of hydrogen-bond acceptors (Lipinski definition) is 3. The van der Waals surface area contributed by atoms with E-state index in [-0.39, 0.29) is 33.3 Å². The molecule has 0 saturated heterocycles. The van der Waals surface area contributed by atoms with Crippen LogP contribution in [0.5, 0.6) is 0 Å². The highest BCUT2D eigenvalue weighted by Gasteiger charge is 2.41. The average molecular weight is 1060 g/mol. The fourth-order valence-electron chi connectivity index (χ4n) is 12.6. The minimum atomic E-state index is -2.81. The summed E-state index contributed by atoms with van der Waals surface area (Å²) in [5, 5.41) is 3.96. The van der Waals surface area contributed by atoms with Gasteiger partial charge in [0.2, 0.25) is 0 Å². The summed E-state index contributed by atoms with van der Waals surface area (Å²) in [6.45, 7) is 11.4.